The number of nitrogens with zero attached hydrogens (tertiary/aromatic N) is 1. The van der Waals surface area contributed by atoms with Gasteiger partial charge in [-0.2, -0.15) is 0 Å². The predicted octanol–water partition coefficient (Wildman–Crippen LogP) is 3.30. The standard InChI is InChI=1S/C20H29FNOPSi2/c1-22-13-14-10-15(21)8-9-17(14)24-18-11-16(25(2,3)4)12-19(20(18)23)26(5,6)7/h8-13,23-24H,1-7H3. The first kappa shape index (κ1) is 21.0. The Balaban J connectivity index is 2.63. The molecule has 0 bridgehead atoms. The van der Waals surface area contributed by atoms with Gasteiger partial charge in [0.15, 0.2) is 0 Å². The van der Waals surface area contributed by atoms with E-state index in [1.165, 1.54) is 17.3 Å². The first-order valence-corrected chi connectivity index (χ1v) is 16.8. The summed E-state index contributed by atoms with van der Waals surface area (Å²) >= 11 is 0. The molecule has 0 amide bonds. The highest BCUT2D eigenvalue weighted by Crippen LogP contribution is 2.22. The summed E-state index contributed by atoms with van der Waals surface area (Å²) in [7, 11) is -1.25. The third-order valence-corrected chi connectivity index (χ3v) is 9.73. The molecule has 2 aromatic carbocycles. The number of aromatic hydroxyl groups is 1. The fourth-order valence-electron chi connectivity index (χ4n) is 2.77. The summed E-state index contributed by atoms with van der Waals surface area (Å²) in [5.41, 5.74) is 0.776. The normalized spacial score (nSPS) is 13.2. The largest absolute Gasteiger partial charge is 0.507 e. The molecule has 26 heavy (non-hydrogen) atoms. The fraction of sp³-hybridized carbons (Fsp3) is 0.350. The van der Waals surface area contributed by atoms with Gasteiger partial charge in [0, 0.05) is 24.1 Å². The van der Waals surface area contributed by atoms with E-state index >= 15 is 0 Å². The fourth-order valence-corrected chi connectivity index (χ4v) is 6.99. The second kappa shape index (κ2) is 7.75. The lowest BCUT2D eigenvalue weighted by Crippen LogP contribution is -2.47. The van der Waals surface area contributed by atoms with Crippen molar-refractivity contribution in [1.82, 2.24) is 0 Å². The molecular formula is C20H29FNOPSi2. The van der Waals surface area contributed by atoms with Gasteiger partial charge in [-0.15, -0.1) is 0 Å². The highest BCUT2D eigenvalue weighted by Gasteiger charge is 2.27. The van der Waals surface area contributed by atoms with Crippen LogP contribution in [0.4, 0.5) is 4.39 Å². The lowest BCUT2D eigenvalue weighted by molar-refractivity contribution is 0.484. The summed E-state index contributed by atoms with van der Waals surface area (Å²) in [6.45, 7) is 13.8. The third kappa shape index (κ3) is 4.90. The molecule has 1 unspecified atom stereocenters. The molecular weight excluding hydrogens is 376 g/mol. The second-order valence-corrected chi connectivity index (χ2v) is 20.1. The number of halogens is 1. The van der Waals surface area contributed by atoms with Crippen LogP contribution in [0.15, 0.2) is 35.3 Å². The van der Waals surface area contributed by atoms with E-state index in [0.717, 1.165) is 21.4 Å². The summed E-state index contributed by atoms with van der Waals surface area (Å²) in [5.74, 6) is 0.157. The Hall–Kier alpha value is -1.30. The molecule has 0 saturated carbocycles. The van der Waals surface area contributed by atoms with Gasteiger partial charge in [-0.1, -0.05) is 71.2 Å². The van der Waals surface area contributed by atoms with Gasteiger partial charge >= 0.3 is 0 Å². The molecule has 6 heteroatoms. The van der Waals surface area contributed by atoms with E-state index in [2.05, 4.69) is 56.4 Å². The van der Waals surface area contributed by atoms with E-state index in [9.17, 15) is 9.50 Å². The molecule has 0 fully saturated rings. The Kier molecular flexibility index (Phi) is 6.26. The average molecular weight is 406 g/mol. The van der Waals surface area contributed by atoms with Gasteiger partial charge < -0.3 is 5.11 Å². The number of phenols is 1. The molecule has 0 saturated heterocycles. The maximum atomic E-state index is 13.6. The molecule has 0 radical (unpaired) electrons. The zero-order valence-electron chi connectivity index (χ0n) is 16.7. The van der Waals surface area contributed by atoms with Gasteiger partial charge in [0.2, 0.25) is 0 Å². The van der Waals surface area contributed by atoms with Gasteiger partial charge in [0.1, 0.15) is 11.6 Å². The van der Waals surface area contributed by atoms with Crippen LogP contribution in [-0.2, 0) is 0 Å². The van der Waals surface area contributed by atoms with Crippen LogP contribution >= 0.6 is 8.58 Å². The quantitative estimate of drug-likeness (QED) is 0.462. The van der Waals surface area contributed by atoms with Gasteiger partial charge in [0.25, 0.3) is 0 Å². The summed E-state index contributed by atoms with van der Waals surface area (Å²) < 4.78 is 13.6. The molecule has 0 aliphatic rings. The SMILES string of the molecule is CN=Cc1cc(F)ccc1Pc1cc([Si](C)(C)C)cc([Si](C)(C)C)c1O. The van der Waals surface area contributed by atoms with Crippen molar-refractivity contribution in [2.75, 3.05) is 7.05 Å². The minimum Gasteiger partial charge on any atom is -0.507 e. The van der Waals surface area contributed by atoms with E-state index in [0.29, 0.717) is 5.75 Å². The summed E-state index contributed by atoms with van der Waals surface area (Å²) in [5, 5.41) is 15.4. The summed E-state index contributed by atoms with van der Waals surface area (Å²) in [6.07, 6.45) is 1.68. The molecule has 0 heterocycles. The average Bonchev–Trinajstić information content (AvgIpc) is 2.49. The van der Waals surface area contributed by atoms with E-state index in [-0.39, 0.29) is 14.4 Å². The van der Waals surface area contributed by atoms with Crippen molar-refractivity contribution in [3.05, 3.63) is 41.7 Å². The molecule has 2 aromatic rings. The van der Waals surface area contributed by atoms with Crippen LogP contribution in [-0.4, -0.2) is 34.5 Å². The van der Waals surface area contributed by atoms with E-state index in [4.69, 9.17) is 0 Å². The predicted molar refractivity (Wildman–Crippen MR) is 122 cm³/mol. The highest BCUT2D eigenvalue weighted by molar-refractivity contribution is 7.56. The van der Waals surface area contributed by atoms with Crippen LogP contribution in [0.1, 0.15) is 5.56 Å². The minimum atomic E-state index is -1.68. The number of hydrogen-bond acceptors (Lipinski definition) is 2. The number of benzene rings is 2. The molecule has 0 aliphatic carbocycles. The monoisotopic (exact) mass is 405 g/mol. The Morgan fingerprint density at radius 3 is 2.15 bits per heavy atom. The molecule has 2 rings (SSSR count). The minimum absolute atomic E-state index is 0.267. The lowest BCUT2D eigenvalue weighted by atomic mass is 10.2. The van der Waals surface area contributed by atoms with Crippen molar-refractivity contribution >= 4 is 51.9 Å². The number of aliphatic imine (C=N–C) groups is 1. The molecule has 0 aliphatic heterocycles. The Morgan fingerprint density at radius 2 is 1.62 bits per heavy atom. The van der Waals surface area contributed by atoms with Gasteiger partial charge in [-0.25, -0.2) is 4.39 Å². The first-order chi connectivity index (χ1) is 11.9. The maximum Gasteiger partial charge on any atom is 0.123 e. The zero-order chi connectivity index (χ0) is 19.7. The summed E-state index contributed by atoms with van der Waals surface area (Å²) in [4.78, 5) is 4.05. The van der Waals surface area contributed by atoms with Gasteiger partial charge in [0.05, 0.1) is 16.1 Å². The number of hydrogen-bond donors (Lipinski definition) is 1. The van der Waals surface area contributed by atoms with Crippen LogP contribution in [0.5, 0.6) is 5.75 Å². The highest BCUT2D eigenvalue weighted by atomic mass is 31.1. The molecule has 1 N–H and O–H groups in total. The topological polar surface area (TPSA) is 32.6 Å². The van der Waals surface area contributed by atoms with Crippen molar-refractivity contribution in [3.8, 4) is 5.75 Å². The molecule has 2 nitrogen and oxygen atoms in total. The van der Waals surface area contributed by atoms with Crippen molar-refractivity contribution in [3.63, 3.8) is 0 Å². The second-order valence-electron chi connectivity index (χ2n) is 8.66. The lowest BCUT2D eigenvalue weighted by Gasteiger charge is -2.26. The van der Waals surface area contributed by atoms with E-state index in [1.807, 2.05) is 0 Å². The van der Waals surface area contributed by atoms with Crippen LogP contribution in [0.3, 0.4) is 0 Å². The van der Waals surface area contributed by atoms with Crippen molar-refractivity contribution in [2.24, 2.45) is 4.99 Å². The maximum absolute atomic E-state index is 13.6. The van der Waals surface area contributed by atoms with Crippen LogP contribution < -0.4 is 21.0 Å². The Bertz CT molecular complexity index is 839. The molecule has 0 aromatic heterocycles. The number of rotatable bonds is 5. The van der Waals surface area contributed by atoms with Crippen molar-refractivity contribution in [1.29, 1.82) is 0 Å². The van der Waals surface area contributed by atoms with Crippen LogP contribution in [0.2, 0.25) is 39.3 Å². The van der Waals surface area contributed by atoms with E-state index in [1.54, 1.807) is 19.3 Å². The van der Waals surface area contributed by atoms with Crippen LogP contribution in [0, 0.1) is 5.82 Å². The Labute approximate surface area is 160 Å². The summed E-state index contributed by atoms with van der Waals surface area (Å²) in [6, 6.07) is 9.20. The number of phenolic OH excluding ortho intramolecular Hbond substituents is 1. The zero-order valence-corrected chi connectivity index (χ0v) is 19.7. The van der Waals surface area contributed by atoms with Crippen molar-refractivity contribution in [2.45, 2.75) is 39.3 Å². The molecule has 1 atom stereocenters. The van der Waals surface area contributed by atoms with Crippen LogP contribution in [0.25, 0.3) is 0 Å². The van der Waals surface area contributed by atoms with E-state index < -0.39 is 16.1 Å². The van der Waals surface area contributed by atoms with Gasteiger partial charge in [-0.05, 0) is 22.6 Å². The third-order valence-electron chi connectivity index (χ3n) is 4.34. The molecule has 140 valence electrons. The smallest absolute Gasteiger partial charge is 0.123 e. The first-order valence-electron chi connectivity index (χ1n) is 8.80. The Morgan fingerprint density at radius 1 is 0.962 bits per heavy atom. The van der Waals surface area contributed by atoms with Gasteiger partial charge in [-0.3, -0.25) is 4.99 Å². The van der Waals surface area contributed by atoms with Crippen molar-refractivity contribution < 1.29 is 9.50 Å². The molecule has 0 spiro atoms.